The summed E-state index contributed by atoms with van der Waals surface area (Å²) in [5.41, 5.74) is 0.602. The van der Waals surface area contributed by atoms with Crippen molar-refractivity contribution in [1.29, 1.82) is 5.26 Å². The number of rotatable bonds is 4. The van der Waals surface area contributed by atoms with Gasteiger partial charge in [-0.3, -0.25) is 0 Å². The maximum Gasteiger partial charge on any atom is 0.233 e. The van der Waals surface area contributed by atoms with E-state index in [4.69, 9.17) is 5.26 Å². The Morgan fingerprint density at radius 2 is 1.90 bits per heavy atom. The van der Waals surface area contributed by atoms with Crippen molar-refractivity contribution in [1.82, 2.24) is 15.0 Å². The topological polar surface area (TPSA) is 89.8 Å². The Balaban J connectivity index is 2.40. The van der Waals surface area contributed by atoms with E-state index >= 15 is 0 Å². The van der Waals surface area contributed by atoms with Crippen LogP contribution in [0.25, 0.3) is 0 Å². The fourth-order valence-corrected chi connectivity index (χ4v) is 1.57. The average molecular weight is 287 g/mol. The molecule has 0 atom stereocenters. The van der Waals surface area contributed by atoms with E-state index in [1.165, 1.54) is 12.1 Å². The highest BCUT2D eigenvalue weighted by atomic mass is 19.1. The highest BCUT2D eigenvalue weighted by molar-refractivity contribution is 5.63. The minimum absolute atomic E-state index is 0.174. The van der Waals surface area contributed by atoms with E-state index in [2.05, 4.69) is 25.6 Å². The molecular weight excluding hydrogens is 273 g/mol. The van der Waals surface area contributed by atoms with Gasteiger partial charge in [0.05, 0.1) is 11.3 Å². The van der Waals surface area contributed by atoms with Crippen molar-refractivity contribution in [2.75, 3.05) is 36.7 Å². The molecular formula is C13H14FN7. The second-order valence-electron chi connectivity index (χ2n) is 4.35. The highest BCUT2D eigenvalue weighted by Crippen LogP contribution is 2.21. The molecule has 0 saturated heterocycles. The number of hydrogen-bond acceptors (Lipinski definition) is 7. The van der Waals surface area contributed by atoms with Gasteiger partial charge in [-0.05, 0) is 18.2 Å². The Morgan fingerprint density at radius 3 is 2.52 bits per heavy atom. The predicted octanol–water partition coefficient (Wildman–Crippen LogP) is 1.73. The van der Waals surface area contributed by atoms with Gasteiger partial charge in [0.2, 0.25) is 17.8 Å². The van der Waals surface area contributed by atoms with Gasteiger partial charge in [-0.1, -0.05) is 0 Å². The molecule has 7 nitrogen and oxygen atoms in total. The van der Waals surface area contributed by atoms with Crippen molar-refractivity contribution >= 4 is 23.5 Å². The number of hydrogen-bond donors (Lipinski definition) is 2. The fourth-order valence-electron chi connectivity index (χ4n) is 1.57. The summed E-state index contributed by atoms with van der Waals surface area (Å²) in [7, 11) is 5.30. The molecule has 0 amide bonds. The van der Waals surface area contributed by atoms with Crippen LogP contribution in [0, 0.1) is 17.1 Å². The third-order valence-electron chi connectivity index (χ3n) is 2.60. The molecule has 0 unspecified atom stereocenters. The second kappa shape index (κ2) is 6.00. The molecule has 108 valence electrons. The van der Waals surface area contributed by atoms with Gasteiger partial charge >= 0.3 is 0 Å². The van der Waals surface area contributed by atoms with Gasteiger partial charge in [-0.25, -0.2) is 4.39 Å². The standard InChI is InChI=1S/C13H14FN7/c1-16-11-18-12(20-13(19-11)21(2)3)17-10-5-4-9(14)6-8(10)7-15/h4-6H,1-3H3,(H2,16,17,18,19,20). The van der Waals surface area contributed by atoms with E-state index in [0.717, 1.165) is 6.07 Å². The highest BCUT2D eigenvalue weighted by Gasteiger charge is 2.10. The first kappa shape index (κ1) is 14.5. The molecule has 0 bridgehead atoms. The molecule has 2 aromatic rings. The SMILES string of the molecule is CNc1nc(Nc2ccc(F)cc2C#N)nc(N(C)C)n1. The number of nitrogens with zero attached hydrogens (tertiary/aromatic N) is 5. The van der Waals surface area contributed by atoms with Gasteiger partial charge in [0.15, 0.2) is 0 Å². The average Bonchev–Trinajstić information content (AvgIpc) is 2.48. The summed E-state index contributed by atoms with van der Waals surface area (Å²) in [6.45, 7) is 0. The molecule has 0 saturated carbocycles. The number of anilines is 4. The Morgan fingerprint density at radius 1 is 1.19 bits per heavy atom. The summed E-state index contributed by atoms with van der Waals surface area (Å²) in [4.78, 5) is 14.3. The van der Waals surface area contributed by atoms with Crippen LogP contribution in [-0.2, 0) is 0 Å². The number of benzene rings is 1. The summed E-state index contributed by atoms with van der Waals surface area (Å²) in [5.74, 6) is 0.632. The van der Waals surface area contributed by atoms with E-state index in [-0.39, 0.29) is 11.5 Å². The number of aromatic nitrogens is 3. The monoisotopic (exact) mass is 287 g/mol. The van der Waals surface area contributed by atoms with Crippen molar-refractivity contribution in [3.05, 3.63) is 29.6 Å². The van der Waals surface area contributed by atoms with Crippen LogP contribution in [-0.4, -0.2) is 36.1 Å². The van der Waals surface area contributed by atoms with Gasteiger partial charge in [-0.2, -0.15) is 20.2 Å². The van der Waals surface area contributed by atoms with Crippen LogP contribution < -0.4 is 15.5 Å². The maximum absolute atomic E-state index is 13.1. The van der Waals surface area contributed by atoms with Crippen molar-refractivity contribution in [3.63, 3.8) is 0 Å². The summed E-state index contributed by atoms with van der Waals surface area (Å²) in [6, 6.07) is 5.80. The molecule has 2 rings (SSSR count). The van der Waals surface area contributed by atoms with E-state index in [1.54, 1.807) is 26.0 Å². The number of nitriles is 1. The summed E-state index contributed by atoms with van der Waals surface area (Å²) in [5, 5.41) is 14.8. The zero-order chi connectivity index (χ0) is 15.4. The molecule has 0 radical (unpaired) electrons. The summed E-state index contributed by atoms with van der Waals surface area (Å²) < 4.78 is 13.1. The molecule has 2 N–H and O–H groups in total. The largest absolute Gasteiger partial charge is 0.357 e. The molecule has 1 heterocycles. The Labute approximate surface area is 121 Å². The van der Waals surface area contributed by atoms with Crippen molar-refractivity contribution in [3.8, 4) is 6.07 Å². The van der Waals surface area contributed by atoms with E-state index in [1.807, 2.05) is 6.07 Å². The Bertz CT molecular complexity index is 693. The second-order valence-corrected chi connectivity index (χ2v) is 4.35. The lowest BCUT2D eigenvalue weighted by molar-refractivity contribution is 0.627. The van der Waals surface area contributed by atoms with Crippen LogP contribution in [0.4, 0.5) is 27.9 Å². The Kier molecular flexibility index (Phi) is 4.13. The van der Waals surface area contributed by atoms with E-state index in [0.29, 0.717) is 17.6 Å². The molecule has 1 aromatic heterocycles. The smallest absolute Gasteiger partial charge is 0.233 e. The minimum atomic E-state index is -0.474. The molecule has 0 aliphatic rings. The minimum Gasteiger partial charge on any atom is -0.357 e. The molecule has 0 aliphatic heterocycles. The zero-order valence-electron chi connectivity index (χ0n) is 11.8. The van der Waals surface area contributed by atoms with Crippen LogP contribution in [0.1, 0.15) is 5.56 Å². The van der Waals surface area contributed by atoms with Gasteiger partial charge < -0.3 is 15.5 Å². The molecule has 0 fully saturated rings. The molecule has 21 heavy (non-hydrogen) atoms. The van der Waals surface area contributed by atoms with Crippen LogP contribution in [0.15, 0.2) is 18.2 Å². The third kappa shape index (κ3) is 3.33. The first-order valence-corrected chi connectivity index (χ1v) is 6.11. The van der Waals surface area contributed by atoms with E-state index < -0.39 is 5.82 Å². The first-order chi connectivity index (χ1) is 10.0. The molecule has 0 aliphatic carbocycles. The lowest BCUT2D eigenvalue weighted by atomic mass is 10.2. The normalized spacial score (nSPS) is 9.86. The number of nitrogens with one attached hydrogen (secondary N) is 2. The van der Waals surface area contributed by atoms with Gasteiger partial charge in [0.25, 0.3) is 0 Å². The lowest BCUT2D eigenvalue weighted by Crippen LogP contribution is -2.15. The van der Waals surface area contributed by atoms with E-state index in [9.17, 15) is 4.39 Å². The zero-order valence-corrected chi connectivity index (χ0v) is 11.8. The number of halogens is 1. The quantitative estimate of drug-likeness (QED) is 0.885. The Hall–Kier alpha value is -2.95. The van der Waals surface area contributed by atoms with Crippen LogP contribution in [0.2, 0.25) is 0 Å². The van der Waals surface area contributed by atoms with Gasteiger partial charge in [0, 0.05) is 21.1 Å². The van der Waals surface area contributed by atoms with Crippen molar-refractivity contribution in [2.24, 2.45) is 0 Å². The van der Waals surface area contributed by atoms with Crippen LogP contribution >= 0.6 is 0 Å². The van der Waals surface area contributed by atoms with Crippen LogP contribution in [0.5, 0.6) is 0 Å². The van der Waals surface area contributed by atoms with Gasteiger partial charge in [-0.15, -0.1) is 0 Å². The van der Waals surface area contributed by atoms with Crippen molar-refractivity contribution in [2.45, 2.75) is 0 Å². The first-order valence-electron chi connectivity index (χ1n) is 6.11. The maximum atomic E-state index is 13.1. The van der Waals surface area contributed by atoms with Crippen LogP contribution in [0.3, 0.4) is 0 Å². The molecule has 8 heteroatoms. The van der Waals surface area contributed by atoms with Gasteiger partial charge in [0.1, 0.15) is 11.9 Å². The fraction of sp³-hybridized carbons (Fsp3) is 0.231. The lowest BCUT2D eigenvalue weighted by Gasteiger charge is -2.13. The van der Waals surface area contributed by atoms with Crippen molar-refractivity contribution < 1.29 is 4.39 Å². The summed E-state index contributed by atoms with van der Waals surface area (Å²) >= 11 is 0. The summed E-state index contributed by atoms with van der Waals surface area (Å²) in [6.07, 6.45) is 0. The third-order valence-corrected chi connectivity index (χ3v) is 2.60. The molecule has 0 spiro atoms. The molecule has 1 aromatic carbocycles. The predicted molar refractivity (Wildman–Crippen MR) is 78.1 cm³/mol.